The van der Waals surface area contributed by atoms with Crippen molar-refractivity contribution in [3.05, 3.63) is 29.8 Å². The SMILES string of the molecule is CCSc1ccc(C(CNC)C(C)C)cc1. The third-order valence-corrected chi connectivity index (χ3v) is 3.74. The van der Waals surface area contributed by atoms with Gasteiger partial charge in [0.1, 0.15) is 0 Å². The second-order valence-electron chi connectivity index (χ2n) is 4.41. The zero-order valence-electron chi connectivity index (χ0n) is 10.8. The smallest absolute Gasteiger partial charge is 0.00720 e. The third kappa shape index (κ3) is 3.84. The van der Waals surface area contributed by atoms with Crippen LogP contribution in [0.5, 0.6) is 0 Å². The summed E-state index contributed by atoms with van der Waals surface area (Å²) in [5.41, 5.74) is 1.45. The Bertz CT molecular complexity index is 292. The van der Waals surface area contributed by atoms with E-state index in [1.165, 1.54) is 10.5 Å². The van der Waals surface area contributed by atoms with Crippen molar-refractivity contribution in [2.45, 2.75) is 31.6 Å². The van der Waals surface area contributed by atoms with Crippen LogP contribution in [0.4, 0.5) is 0 Å². The second-order valence-corrected chi connectivity index (χ2v) is 5.75. The highest BCUT2D eigenvalue weighted by atomic mass is 32.2. The van der Waals surface area contributed by atoms with Gasteiger partial charge in [0, 0.05) is 11.4 Å². The number of hydrogen-bond donors (Lipinski definition) is 1. The summed E-state index contributed by atoms with van der Waals surface area (Å²) in [5.74, 6) is 2.44. The molecule has 0 spiro atoms. The fraction of sp³-hybridized carbons (Fsp3) is 0.571. The topological polar surface area (TPSA) is 12.0 Å². The van der Waals surface area contributed by atoms with Gasteiger partial charge in [-0.05, 0) is 42.3 Å². The standard InChI is InChI=1S/C14H23NS/c1-5-16-13-8-6-12(7-9-13)14(10-15-4)11(2)3/h6-9,11,14-15H,5,10H2,1-4H3. The van der Waals surface area contributed by atoms with E-state index in [9.17, 15) is 0 Å². The van der Waals surface area contributed by atoms with Crippen LogP contribution in [-0.2, 0) is 0 Å². The molecule has 1 nitrogen and oxygen atoms in total. The van der Waals surface area contributed by atoms with Crippen molar-refractivity contribution in [3.8, 4) is 0 Å². The van der Waals surface area contributed by atoms with E-state index in [1.807, 2.05) is 18.8 Å². The third-order valence-electron chi connectivity index (χ3n) is 2.85. The van der Waals surface area contributed by atoms with Crippen molar-refractivity contribution in [1.82, 2.24) is 5.32 Å². The fourth-order valence-electron chi connectivity index (χ4n) is 1.94. The molecule has 16 heavy (non-hydrogen) atoms. The molecule has 2 heteroatoms. The monoisotopic (exact) mass is 237 g/mol. The minimum Gasteiger partial charge on any atom is -0.319 e. The summed E-state index contributed by atoms with van der Waals surface area (Å²) < 4.78 is 0. The van der Waals surface area contributed by atoms with Gasteiger partial charge in [-0.3, -0.25) is 0 Å². The van der Waals surface area contributed by atoms with Crippen molar-refractivity contribution in [2.24, 2.45) is 5.92 Å². The molecule has 0 saturated carbocycles. The van der Waals surface area contributed by atoms with Crippen LogP contribution in [0, 0.1) is 5.92 Å². The van der Waals surface area contributed by atoms with Crippen LogP contribution in [0.1, 0.15) is 32.3 Å². The van der Waals surface area contributed by atoms with E-state index in [-0.39, 0.29) is 0 Å². The van der Waals surface area contributed by atoms with Gasteiger partial charge >= 0.3 is 0 Å². The highest BCUT2D eigenvalue weighted by Crippen LogP contribution is 2.26. The average molecular weight is 237 g/mol. The molecular formula is C14H23NS. The van der Waals surface area contributed by atoms with Crippen LogP contribution in [-0.4, -0.2) is 19.3 Å². The fourth-order valence-corrected chi connectivity index (χ4v) is 2.60. The minimum absolute atomic E-state index is 0.616. The Labute approximate surface area is 104 Å². The van der Waals surface area contributed by atoms with E-state index in [4.69, 9.17) is 0 Å². The average Bonchev–Trinajstić information content (AvgIpc) is 2.27. The van der Waals surface area contributed by atoms with Crippen LogP contribution >= 0.6 is 11.8 Å². The number of rotatable bonds is 6. The molecule has 90 valence electrons. The summed E-state index contributed by atoms with van der Waals surface area (Å²) in [5, 5.41) is 3.28. The first kappa shape index (κ1) is 13.6. The summed E-state index contributed by atoms with van der Waals surface area (Å²) in [4.78, 5) is 1.37. The molecule has 0 saturated heterocycles. The van der Waals surface area contributed by atoms with Crippen LogP contribution < -0.4 is 5.32 Å². The Morgan fingerprint density at radius 3 is 2.25 bits per heavy atom. The highest BCUT2D eigenvalue weighted by molar-refractivity contribution is 7.99. The molecular weight excluding hydrogens is 214 g/mol. The molecule has 0 amide bonds. The molecule has 1 unspecified atom stereocenters. The Kier molecular flexibility index (Phi) is 5.93. The summed E-state index contributed by atoms with van der Waals surface area (Å²) >= 11 is 1.90. The van der Waals surface area contributed by atoms with Crippen molar-refractivity contribution in [3.63, 3.8) is 0 Å². The van der Waals surface area contributed by atoms with E-state index in [0.29, 0.717) is 11.8 Å². The number of likely N-dealkylation sites (N-methyl/N-ethyl adjacent to an activating group) is 1. The van der Waals surface area contributed by atoms with Crippen molar-refractivity contribution in [1.29, 1.82) is 0 Å². The Morgan fingerprint density at radius 2 is 1.81 bits per heavy atom. The quantitative estimate of drug-likeness (QED) is 0.756. The molecule has 0 bridgehead atoms. The molecule has 1 N–H and O–H groups in total. The van der Waals surface area contributed by atoms with E-state index >= 15 is 0 Å². The summed E-state index contributed by atoms with van der Waals surface area (Å²) in [6.45, 7) is 7.82. The van der Waals surface area contributed by atoms with Gasteiger partial charge < -0.3 is 5.32 Å². The van der Waals surface area contributed by atoms with E-state index in [0.717, 1.165) is 12.3 Å². The number of hydrogen-bond acceptors (Lipinski definition) is 2. The van der Waals surface area contributed by atoms with Gasteiger partial charge in [0.15, 0.2) is 0 Å². The lowest BCUT2D eigenvalue weighted by atomic mass is 9.88. The Balaban J connectivity index is 2.77. The van der Waals surface area contributed by atoms with E-state index < -0.39 is 0 Å². The van der Waals surface area contributed by atoms with E-state index in [1.54, 1.807) is 0 Å². The van der Waals surface area contributed by atoms with Gasteiger partial charge in [0.05, 0.1) is 0 Å². The normalized spacial score (nSPS) is 13.1. The molecule has 1 rings (SSSR count). The molecule has 1 atom stereocenters. The Morgan fingerprint density at radius 1 is 1.19 bits per heavy atom. The van der Waals surface area contributed by atoms with Crippen molar-refractivity contribution in [2.75, 3.05) is 19.3 Å². The molecule has 0 radical (unpaired) electrons. The lowest BCUT2D eigenvalue weighted by Crippen LogP contribution is -2.21. The van der Waals surface area contributed by atoms with Gasteiger partial charge in [-0.15, -0.1) is 11.8 Å². The second kappa shape index (κ2) is 6.97. The maximum atomic E-state index is 3.28. The summed E-state index contributed by atoms with van der Waals surface area (Å²) in [7, 11) is 2.02. The van der Waals surface area contributed by atoms with Gasteiger partial charge in [0.25, 0.3) is 0 Å². The van der Waals surface area contributed by atoms with Gasteiger partial charge in [-0.2, -0.15) is 0 Å². The molecule has 1 aromatic carbocycles. The van der Waals surface area contributed by atoms with E-state index in [2.05, 4.69) is 50.4 Å². The first-order valence-corrected chi connectivity index (χ1v) is 7.05. The maximum Gasteiger partial charge on any atom is 0.00720 e. The molecule has 0 aliphatic carbocycles. The van der Waals surface area contributed by atoms with Crippen LogP contribution in [0.15, 0.2) is 29.2 Å². The zero-order chi connectivity index (χ0) is 12.0. The number of thioether (sulfide) groups is 1. The van der Waals surface area contributed by atoms with Crippen molar-refractivity contribution < 1.29 is 0 Å². The summed E-state index contributed by atoms with van der Waals surface area (Å²) in [6, 6.07) is 9.04. The molecule has 0 aromatic heterocycles. The number of benzene rings is 1. The molecule has 0 aliphatic rings. The molecule has 1 aromatic rings. The zero-order valence-corrected chi connectivity index (χ0v) is 11.6. The van der Waals surface area contributed by atoms with Crippen LogP contribution in [0.25, 0.3) is 0 Å². The first-order chi connectivity index (χ1) is 7.69. The molecule has 0 aliphatic heterocycles. The minimum atomic E-state index is 0.616. The lowest BCUT2D eigenvalue weighted by Gasteiger charge is -2.21. The van der Waals surface area contributed by atoms with Gasteiger partial charge in [-0.25, -0.2) is 0 Å². The lowest BCUT2D eigenvalue weighted by molar-refractivity contribution is 0.478. The first-order valence-electron chi connectivity index (χ1n) is 6.06. The largest absolute Gasteiger partial charge is 0.319 e. The van der Waals surface area contributed by atoms with Crippen LogP contribution in [0.3, 0.4) is 0 Å². The number of nitrogens with one attached hydrogen (secondary N) is 1. The predicted molar refractivity (Wildman–Crippen MR) is 74.3 cm³/mol. The van der Waals surface area contributed by atoms with Crippen molar-refractivity contribution >= 4 is 11.8 Å². The Hall–Kier alpha value is -0.470. The molecule has 0 fully saturated rings. The molecule has 0 heterocycles. The van der Waals surface area contributed by atoms with Gasteiger partial charge in [0.2, 0.25) is 0 Å². The van der Waals surface area contributed by atoms with Gasteiger partial charge in [-0.1, -0.05) is 32.9 Å². The predicted octanol–water partition coefficient (Wildman–Crippen LogP) is 3.76. The highest BCUT2D eigenvalue weighted by Gasteiger charge is 2.14. The summed E-state index contributed by atoms with van der Waals surface area (Å²) in [6.07, 6.45) is 0. The maximum absolute atomic E-state index is 3.28. The van der Waals surface area contributed by atoms with Crippen LogP contribution in [0.2, 0.25) is 0 Å².